The van der Waals surface area contributed by atoms with Crippen LogP contribution in [0.15, 0.2) is 78.4 Å². The van der Waals surface area contributed by atoms with Gasteiger partial charge < -0.3 is 19.5 Å². The number of likely N-dealkylation sites (tertiary alicyclic amines) is 1. The summed E-state index contributed by atoms with van der Waals surface area (Å²) < 4.78 is 10.8. The number of benzene rings is 3. The van der Waals surface area contributed by atoms with Gasteiger partial charge in [-0.3, -0.25) is 9.59 Å². The molecule has 1 N–H and O–H groups in total. The van der Waals surface area contributed by atoms with Crippen molar-refractivity contribution in [3.63, 3.8) is 0 Å². The van der Waals surface area contributed by atoms with Crippen LogP contribution in [0.25, 0.3) is 5.76 Å². The Hall–Kier alpha value is -4.06. The molecule has 0 saturated carbocycles. The third-order valence-corrected chi connectivity index (χ3v) is 6.78. The standard InChI is InChI=1S/C31H33NO5/c1-31(2,3)22-13-16-25(37-5)24(19-22)28(33)26-27(21-9-7-6-8-10-21)32(30(35)29(26)34)18-17-20-11-14-23(36-4)15-12-20/h6-16,19,27,33H,17-18H2,1-5H3/b28-26+. The average molecular weight is 500 g/mol. The minimum absolute atomic E-state index is 0.0651. The van der Waals surface area contributed by atoms with Gasteiger partial charge in [0, 0.05) is 6.54 Å². The van der Waals surface area contributed by atoms with Gasteiger partial charge in [0.15, 0.2) is 0 Å². The van der Waals surface area contributed by atoms with Crippen LogP contribution in [0.5, 0.6) is 11.5 Å². The molecule has 1 saturated heterocycles. The fraction of sp³-hybridized carbons (Fsp3) is 0.290. The third-order valence-electron chi connectivity index (χ3n) is 6.78. The quantitative estimate of drug-likeness (QED) is 0.258. The molecule has 4 rings (SSSR count). The molecule has 1 unspecified atom stereocenters. The topological polar surface area (TPSA) is 76.1 Å². The first-order chi connectivity index (χ1) is 17.7. The third kappa shape index (κ3) is 5.24. The van der Waals surface area contributed by atoms with Crippen molar-refractivity contribution in [3.05, 3.63) is 101 Å². The Balaban J connectivity index is 1.80. The zero-order valence-corrected chi connectivity index (χ0v) is 21.9. The van der Waals surface area contributed by atoms with E-state index in [2.05, 4.69) is 20.8 Å². The molecule has 6 heteroatoms. The fourth-order valence-electron chi connectivity index (χ4n) is 4.64. The highest BCUT2D eigenvalue weighted by Gasteiger charge is 2.46. The Bertz CT molecular complexity index is 1320. The maximum Gasteiger partial charge on any atom is 0.295 e. The minimum atomic E-state index is -0.720. The number of hydrogen-bond acceptors (Lipinski definition) is 5. The van der Waals surface area contributed by atoms with Crippen LogP contribution in [0.3, 0.4) is 0 Å². The van der Waals surface area contributed by atoms with Gasteiger partial charge in [0.2, 0.25) is 0 Å². The number of ether oxygens (including phenoxy) is 2. The summed E-state index contributed by atoms with van der Waals surface area (Å²) in [6, 6.07) is 21.8. The van der Waals surface area contributed by atoms with Gasteiger partial charge in [0.1, 0.15) is 17.3 Å². The second-order valence-corrected chi connectivity index (χ2v) is 10.2. The SMILES string of the molecule is COc1ccc(CCN2C(=O)C(=O)/C(=C(/O)c3cc(C(C)(C)C)ccc3OC)C2c2ccccc2)cc1. The molecule has 1 heterocycles. The van der Waals surface area contributed by atoms with E-state index in [9.17, 15) is 14.7 Å². The van der Waals surface area contributed by atoms with E-state index in [-0.39, 0.29) is 16.7 Å². The zero-order valence-electron chi connectivity index (χ0n) is 21.9. The minimum Gasteiger partial charge on any atom is -0.507 e. The molecule has 1 aliphatic heterocycles. The van der Waals surface area contributed by atoms with Crippen LogP contribution < -0.4 is 9.47 Å². The van der Waals surface area contributed by atoms with Crippen molar-refractivity contribution in [1.29, 1.82) is 0 Å². The fourth-order valence-corrected chi connectivity index (χ4v) is 4.64. The van der Waals surface area contributed by atoms with Gasteiger partial charge in [-0.05, 0) is 52.8 Å². The van der Waals surface area contributed by atoms with E-state index in [0.29, 0.717) is 24.3 Å². The van der Waals surface area contributed by atoms with Crippen LogP contribution in [0.2, 0.25) is 0 Å². The van der Waals surface area contributed by atoms with E-state index in [1.54, 1.807) is 18.1 Å². The number of carbonyl (C=O) groups excluding carboxylic acids is 2. The van der Waals surface area contributed by atoms with Gasteiger partial charge in [0.25, 0.3) is 11.7 Å². The molecule has 1 amide bonds. The highest BCUT2D eigenvalue weighted by molar-refractivity contribution is 6.46. The lowest BCUT2D eigenvalue weighted by molar-refractivity contribution is -0.139. The number of methoxy groups -OCH3 is 2. The molecule has 1 aliphatic rings. The summed E-state index contributed by atoms with van der Waals surface area (Å²) in [5.41, 5.74) is 3.00. The molecule has 0 bridgehead atoms. The van der Waals surface area contributed by atoms with Gasteiger partial charge in [-0.15, -0.1) is 0 Å². The summed E-state index contributed by atoms with van der Waals surface area (Å²) in [6.45, 7) is 6.52. The largest absolute Gasteiger partial charge is 0.507 e. The molecule has 0 aromatic heterocycles. The predicted octanol–water partition coefficient (Wildman–Crippen LogP) is 5.67. The van der Waals surface area contributed by atoms with Crippen molar-refractivity contribution >= 4 is 17.4 Å². The monoisotopic (exact) mass is 499 g/mol. The van der Waals surface area contributed by atoms with Gasteiger partial charge in [-0.1, -0.05) is 69.3 Å². The maximum atomic E-state index is 13.4. The Morgan fingerprint density at radius 2 is 1.59 bits per heavy atom. The van der Waals surface area contributed by atoms with Crippen molar-refractivity contribution in [1.82, 2.24) is 4.90 Å². The predicted molar refractivity (Wildman–Crippen MR) is 144 cm³/mol. The lowest BCUT2D eigenvalue weighted by atomic mass is 9.85. The lowest BCUT2D eigenvalue weighted by Gasteiger charge is -2.26. The normalized spacial score (nSPS) is 17.2. The molecule has 192 valence electrons. The number of aliphatic hydroxyl groups is 1. The van der Waals surface area contributed by atoms with E-state index in [1.807, 2.05) is 66.7 Å². The Morgan fingerprint density at radius 3 is 2.19 bits per heavy atom. The Kier molecular flexibility index (Phi) is 7.39. The van der Waals surface area contributed by atoms with Gasteiger partial charge in [-0.25, -0.2) is 0 Å². The summed E-state index contributed by atoms with van der Waals surface area (Å²) in [4.78, 5) is 28.3. The summed E-state index contributed by atoms with van der Waals surface area (Å²) >= 11 is 0. The van der Waals surface area contributed by atoms with E-state index >= 15 is 0 Å². The molecular formula is C31H33NO5. The molecule has 3 aromatic carbocycles. The van der Waals surface area contributed by atoms with Crippen molar-refractivity contribution in [3.8, 4) is 11.5 Å². The molecule has 3 aromatic rings. The number of nitrogens with zero attached hydrogens (tertiary/aromatic N) is 1. The van der Waals surface area contributed by atoms with Crippen LogP contribution >= 0.6 is 0 Å². The second kappa shape index (κ2) is 10.5. The molecule has 0 spiro atoms. The van der Waals surface area contributed by atoms with Gasteiger partial charge in [0.05, 0.1) is 31.4 Å². The number of carbonyl (C=O) groups is 2. The highest BCUT2D eigenvalue weighted by atomic mass is 16.5. The number of hydrogen-bond donors (Lipinski definition) is 1. The molecule has 0 aliphatic carbocycles. The molecule has 37 heavy (non-hydrogen) atoms. The van der Waals surface area contributed by atoms with Crippen molar-refractivity contribution in [2.24, 2.45) is 0 Å². The Morgan fingerprint density at radius 1 is 0.919 bits per heavy atom. The van der Waals surface area contributed by atoms with Crippen LogP contribution in [0.4, 0.5) is 0 Å². The summed E-state index contributed by atoms with van der Waals surface area (Å²) in [6.07, 6.45) is 0.545. The van der Waals surface area contributed by atoms with Crippen molar-refractivity contribution in [2.75, 3.05) is 20.8 Å². The van der Waals surface area contributed by atoms with Gasteiger partial charge in [-0.2, -0.15) is 0 Å². The number of aliphatic hydroxyl groups excluding tert-OH is 1. The molecule has 6 nitrogen and oxygen atoms in total. The summed E-state index contributed by atoms with van der Waals surface area (Å²) in [5.74, 6) is -0.386. The zero-order chi connectivity index (χ0) is 26.7. The van der Waals surface area contributed by atoms with Crippen LogP contribution in [-0.2, 0) is 21.4 Å². The first kappa shape index (κ1) is 26.0. The summed E-state index contributed by atoms with van der Waals surface area (Å²) in [5, 5.41) is 11.6. The number of ketones is 1. The summed E-state index contributed by atoms with van der Waals surface area (Å²) in [7, 11) is 3.13. The van der Waals surface area contributed by atoms with Crippen LogP contribution in [0, 0.1) is 0 Å². The number of rotatable bonds is 7. The van der Waals surface area contributed by atoms with E-state index < -0.39 is 17.7 Å². The first-order valence-corrected chi connectivity index (χ1v) is 12.3. The van der Waals surface area contributed by atoms with Crippen LogP contribution in [0.1, 0.15) is 49.1 Å². The number of amides is 1. The molecule has 1 atom stereocenters. The van der Waals surface area contributed by atoms with E-state index in [4.69, 9.17) is 9.47 Å². The van der Waals surface area contributed by atoms with E-state index in [0.717, 1.165) is 22.4 Å². The van der Waals surface area contributed by atoms with E-state index in [1.165, 1.54) is 7.11 Å². The van der Waals surface area contributed by atoms with Crippen LogP contribution in [-0.4, -0.2) is 42.5 Å². The van der Waals surface area contributed by atoms with Gasteiger partial charge >= 0.3 is 0 Å². The second-order valence-electron chi connectivity index (χ2n) is 10.2. The lowest BCUT2D eigenvalue weighted by Crippen LogP contribution is -2.31. The van der Waals surface area contributed by atoms with Crippen molar-refractivity contribution in [2.45, 2.75) is 38.6 Å². The molecule has 0 radical (unpaired) electrons. The van der Waals surface area contributed by atoms with Crippen molar-refractivity contribution < 1.29 is 24.2 Å². The maximum absolute atomic E-state index is 13.4. The smallest absolute Gasteiger partial charge is 0.295 e. The Labute approximate surface area is 218 Å². The molecule has 1 fully saturated rings. The highest BCUT2D eigenvalue weighted by Crippen LogP contribution is 2.41. The average Bonchev–Trinajstić information content (AvgIpc) is 3.16. The number of Topliss-reactive ketones (excluding diaryl/α,β-unsaturated/α-hetero) is 1. The molecular weight excluding hydrogens is 466 g/mol. The first-order valence-electron chi connectivity index (χ1n) is 12.3.